The molecule has 4 rings (SSSR count). The average Bonchev–Trinajstić information content (AvgIpc) is 3.40. The van der Waals surface area contributed by atoms with E-state index in [4.69, 9.17) is 9.47 Å². The summed E-state index contributed by atoms with van der Waals surface area (Å²) >= 11 is 0. The van der Waals surface area contributed by atoms with Gasteiger partial charge in [0.05, 0.1) is 17.7 Å². The highest BCUT2D eigenvalue weighted by Crippen LogP contribution is 2.41. The topological polar surface area (TPSA) is 76.1 Å². The Morgan fingerprint density at radius 3 is 2.62 bits per heavy atom. The van der Waals surface area contributed by atoms with Crippen molar-refractivity contribution in [3.8, 4) is 5.75 Å². The van der Waals surface area contributed by atoms with Crippen molar-refractivity contribution in [1.82, 2.24) is 4.90 Å². The maximum absolute atomic E-state index is 14.8. The molecule has 2 aliphatic heterocycles. The fourth-order valence-electron chi connectivity index (χ4n) is 4.12. The van der Waals surface area contributed by atoms with Crippen LogP contribution in [0.1, 0.15) is 30.0 Å². The first-order valence-electron chi connectivity index (χ1n) is 10.5. The van der Waals surface area contributed by atoms with Crippen molar-refractivity contribution in [1.29, 1.82) is 0 Å². The lowest BCUT2D eigenvalue weighted by Gasteiger charge is -2.27. The Kier molecular flexibility index (Phi) is 6.37. The molecule has 6 nitrogen and oxygen atoms in total. The predicted molar refractivity (Wildman–Crippen MR) is 117 cm³/mol. The molecule has 32 heavy (non-hydrogen) atoms. The van der Waals surface area contributed by atoms with Crippen molar-refractivity contribution in [2.75, 3.05) is 19.8 Å². The minimum Gasteiger partial charge on any atom is -0.507 e. The van der Waals surface area contributed by atoms with Gasteiger partial charge in [-0.1, -0.05) is 30.9 Å². The fourth-order valence-corrected chi connectivity index (χ4v) is 4.12. The molecule has 1 amide bonds. The van der Waals surface area contributed by atoms with Crippen LogP contribution in [0.25, 0.3) is 5.76 Å². The molecule has 0 spiro atoms. The first-order chi connectivity index (χ1) is 15.5. The molecule has 166 valence electrons. The van der Waals surface area contributed by atoms with E-state index in [-0.39, 0.29) is 29.5 Å². The van der Waals surface area contributed by atoms with Crippen molar-refractivity contribution < 1.29 is 28.6 Å². The number of Topliss-reactive ketones (excluding diaryl/α,β-unsaturated/α-hetero) is 1. The van der Waals surface area contributed by atoms with E-state index >= 15 is 0 Å². The number of hydrogen-bond donors (Lipinski definition) is 1. The minimum atomic E-state index is -1.04. The molecule has 0 aromatic heterocycles. The molecule has 0 radical (unpaired) electrons. The van der Waals surface area contributed by atoms with E-state index in [1.54, 1.807) is 36.4 Å². The highest BCUT2D eigenvalue weighted by atomic mass is 19.1. The number of aliphatic hydroxyl groups is 1. The Bertz CT molecular complexity index is 1060. The van der Waals surface area contributed by atoms with Gasteiger partial charge in [0.1, 0.15) is 23.9 Å². The van der Waals surface area contributed by atoms with E-state index in [1.165, 1.54) is 23.1 Å². The summed E-state index contributed by atoms with van der Waals surface area (Å²) in [7, 11) is 0. The molecule has 7 heteroatoms. The van der Waals surface area contributed by atoms with Gasteiger partial charge in [0, 0.05) is 24.3 Å². The fraction of sp³-hybridized carbons (Fsp3) is 0.280. The van der Waals surface area contributed by atoms with Gasteiger partial charge in [0.25, 0.3) is 11.7 Å². The van der Waals surface area contributed by atoms with Gasteiger partial charge < -0.3 is 19.5 Å². The molecular formula is C25H24FNO5. The first-order valence-corrected chi connectivity index (χ1v) is 10.5. The monoisotopic (exact) mass is 437 g/mol. The Morgan fingerprint density at radius 1 is 1.22 bits per heavy atom. The second-order valence-corrected chi connectivity index (χ2v) is 7.73. The van der Waals surface area contributed by atoms with E-state index in [0.29, 0.717) is 24.5 Å². The lowest BCUT2D eigenvalue weighted by molar-refractivity contribution is -0.140. The van der Waals surface area contributed by atoms with Gasteiger partial charge in [-0.25, -0.2) is 4.39 Å². The zero-order valence-corrected chi connectivity index (χ0v) is 17.5. The third kappa shape index (κ3) is 4.16. The van der Waals surface area contributed by atoms with Crippen LogP contribution < -0.4 is 4.74 Å². The molecule has 0 bridgehead atoms. The van der Waals surface area contributed by atoms with Crippen molar-refractivity contribution in [2.45, 2.75) is 25.0 Å². The minimum absolute atomic E-state index is 0.141. The molecule has 2 aliphatic rings. The van der Waals surface area contributed by atoms with Crippen LogP contribution in [0.4, 0.5) is 4.39 Å². The Balaban J connectivity index is 1.77. The van der Waals surface area contributed by atoms with Gasteiger partial charge in [-0.3, -0.25) is 9.59 Å². The number of halogens is 1. The summed E-state index contributed by atoms with van der Waals surface area (Å²) in [6.07, 6.45) is 2.99. The average molecular weight is 437 g/mol. The predicted octanol–water partition coefficient (Wildman–Crippen LogP) is 3.99. The van der Waals surface area contributed by atoms with Crippen LogP contribution in [0, 0.1) is 5.82 Å². The summed E-state index contributed by atoms with van der Waals surface area (Å²) in [6.45, 7) is 4.65. The second-order valence-electron chi connectivity index (χ2n) is 7.73. The summed E-state index contributed by atoms with van der Waals surface area (Å²) in [5.74, 6) is -1.98. The molecule has 2 unspecified atom stereocenters. The zero-order chi connectivity index (χ0) is 22.7. The Labute approximate surface area is 185 Å². The van der Waals surface area contributed by atoms with E-state index in [1.807, 2.05) is 0 Å². The number of ether oxygens (including phenoxy) is 2. The number of ketones is 1. The normalized spacial score (nSPS) is 22.3. The van der Waals surface area contributed by atoms with E-state index < -0.39 is 23.5 Å². The SMILES string of the molecule is C=CCOc1ccc(/C(O)=C2/C(=O)C(=O)N(CC3CCCO3)C2c2ccccc2F)cc1. The van der Waals surface area contributed by atoms with Gasteiger partial charge in [-0.2, -0.15) is 0 Å². The van der Waals surface area contributed by atoms with Gasteiger partial charge in [-0.15, -0.1) is 0 Å². The van der Waals surface area contributed by atoms with Crippen LogP contribution in [0.5, 0.6) is 5.75 Å². The molecule has 2 saturated heterocycles. The van der Waals surface area contributed by atoms with Gasteiger partial charge >= 0.3 is 0 Å². The third-order valence-corrected chi connectivity index (χ3v) is 5.66. The lowest BCUT2D eigenvalue weighted by Crippen LogP contribution is -2.36. The third-order valence-electron chi connectivity index (χ3n) is 5.66. The van der Waals surface area contributed by atoms with Crippen LogP contribution in [0.3, 0.4) is 0 Å². The maximum atomic E-state index is 14.8. The molecule has 0 saturated carbocycles. The number of amides is 1. The van der Waals surface area contributed by atoms with Crippen LogP contribution in [-0.4, -0.2) is 47.6 Å². The molecule has 0 aliphatic carbocycles. The highest BCUT2D eigenvalue weighted by Gasteiger charge is 2.47. The molecule has 2 atom stereocenters. The van der Waals surface area contributed by atoms with Crippen molar-refractivity contribution in [3.63, 3.8) is 0 Å². The number of benzene rings is 2. The molecule has 2 aromatic rings. The van der Waals surface area contributed by atoms with Crippen LogP contribution in [0.15, 0.2) is 66.8 Å². The molecule has 2 aromatic carbocycles. The summed E-state index contributed by atoms with van der Waals surface area (Å²) in [5, 5.41) is 11.0. The summed E-state index contributed by atoms with van der Waals surface area (Å²) in [4.78, 5) is 27.2. The number of aliphatic hydroxyl groups excluding tert-OH is 1. The van der Waals surface area contributed by atoms with Crippen LogP contribution >= 0.6 is 0 Å². The van der Waals surface area contributed by atoms with Crippen molar-refractivity contribution in [3.05, 3.63) is 83.7 Å². The summed E-state index contributed by atoms with van der Waals surface area (Å²) in [6, 6.07) is 11.4. The van der Waals surface area contributed by atoms with Crippen LogP contribution in [-0.2, 0) is 14.3 Å². The molecule has 2 fully saturated rings. The van der Waals surface area contributed by atoms with Gasteiger partial charge in [0.2, 0.25) is 0 Å². The number of hydrogen-bond acceptors (Lipinski definition) is 5. The van der Waals surface area contributed by atoms with Gasteiger partial charge in [0.15, 0.2) is 0 Å². The summed E-state index contributed by atoms with van der Waals surface area (Å²) in [5.41, 5.74) is 0.336. The van der Waals surface area contributed by atoms with E-state index in [9.17, 15) is 19.1 Å². The Hall–Kier alpha value is -3.45. The van der Waals surface area contributed by atoms with E-state index in [0.717, 1.165) is 12.8 Å². The van der Waals surface area contributed by atoms with E-state index in [2.05, 4.69) is 6.58 Å². The largest absolute Gasteiger partial charge is 0.507 e. The smallest absolute Gasteiger partial charge is 0.295 e. The highest BCUT2D eigenvalue weighted by molar-refractivity contribution is 6.46. The van der Waals surface area contributed by atoms with Crippen molar-refractivity contribution >= 4 is 17.4 Å². The standard InChI is InChI=1S/C25H24FNO5/c1-2-13-31-17-11-9-16(10-12-17)23(28)21-22(19-7-3-4-8-20(19)26)27(25(30)24(21)29)15-18-6-5-14-32-18/h2-4,7-12,18,22,28H,1,5-6,13-15H2/b23-21-. The summed E-state index contributed by atoms with van der Waals surface area (Å²) < 4.78 is 25.9. The number of nitrogens with zero attached hydrogens (tertiary/aromatic N) is 1. The second kappa shape index (κ2) is 9.36. The quantitative estimate of drug-likeness (QED) is 0.307. The number of carbonyl (C=O) groups is 2. The first kappa shape index (κ1) is 21.8. The number of carbonyl (C=O) groups excluding carboxylic acids is 2. The molecular weight excluding hydrogens is 413 g/mol. The maximum Gasteiger partial charge on any atom is 0.295 e. The number of likely N-dealkylation sites (tertiary alicyclic amines) is 1. The van der Waals surface area contributed by atoms with Gasteiger partial charge in [-0.05, 0) is 43.2 Å². The zero-order valence-electron chi connectivity index (χ0n) is 17.5. The number of rotatable bonds is 7. The Morgan fingerprint density at radius 2 is 1.97 bits per heavy atom. The molecule has 2 heterocycles. The van der Waals surface area contributed by atoms with Crippen LogP contribution in [0.2, 0.25) is 0 Å². The molecule has 1 N–H and O–H groups in total. The van der Waals surface area contributed by atoms with Crippen molar-refractivity contribution in [2.24, 2.45) is 0 Å². The lowest BCUT2D eigenvalue weighted by atomic mass is 9.94.